The fourth-order valence-corrected chi connectivity index (χ4v) is 5.61. The van der Waals surface area contributed by atoms with Crippen LogP contribution in [0.15, 0.2) is 41.3 Å². The Morgan fingerprint density at radius 2 is 2.15 bits per heavy atom. The smallest absolute Gasteiger partial charge is 0.238 e. The molecule has 140 valence electrons. The van der Waals surface area contributed by atoms with Crippen LogP contribution in [0.4, 0.5) is 0 Å². The molecule has 2 bridgehead atoms. The summed E-state index contributed by atoms with van der Waals surface area (Å²) in [5.41, 5.74) is 1.19. The number of thioether (sulfide) groups is 1. The van der Waals surface area contributed by atoms with Gasteiger partial charge in [0.25, 0.3) is 0 Å². The molecule has 3 unspecified atom stereocenters. The van der Waals surface area contributed by atoms with Gasteiger partial charge in [0.05, 0.1) is 12.1 Å². The van der Waals surface area contributed by atoms with E-state index in [9.17, 15) is 10.1 Å². The van der Waals surface area contributed by atoms with Crippen molar-refractivity contribution in [2.24, 2.45) is 5.92 Å². The van der Waals surface area contributed by atoms with E-state index in [1.165, 1.54) is 21.8 Å². The zero-order chi connectivity index (χ0) is 18.8. The maximum absolute atomic E-state index is 12.6. The summed E-state index contributed by atoms with van der Waals surface area (Å²) in [6.07, 6.45) is 6.01. The normalized spacial score (nSPS) is 24.5. The van der Waals surface area contributed by atoms with Crippen molar-refractivity contribution in [1.82, 2.24) is 10.6 Å². The zero-order valence-corrected chi connectivity index (χ0v) is 16.9. The number of fused-ring (bicyclic) bond motifs is 2. The van der Waals surface area contributed by atoms with E-state index in [0.717, 1.165) is 17.7 Å². The van der Waals surface area contributed by atoms with E-state index in [1.54, 1.807) is 23.1 Å². The van der Waals surface area contributed by atoms with Gasteiger partial charge in [-0.25, -0.2) is 0 Å². The molecular formula is C21H23N3OS2. The molecule has 0 radical (unpaired) electrons. The lowest BCUT2D eigenvalue weighted by Gasteiger charge is -2.23. The van der Waals surface area contributed by atoms with E-state index >= 15 is 0 Å². The fourth-order valence-electron chi connectivity index (χ4n) is 4.14. The minimum atomic E-state index is -0.483. The number of carbonyl (C=O) groups is 1. The predicted octanol–water partition coefficient (Wildman–Crippen LogP) is 3.83. The van der Waals surface area contributed by atoms with Gasteiger partial charge in [0, 0.05) is 27.1 Å². The van der Waals surface area contributed by atoms with Crippen LogP contribution < -0.4 is 10.6 Å². The van der Waals surface area contributed by atoms with Crippen LogP contribution in [0.1, 0.15) is 24.1 Å². The molecular weight excluding hydrogens is 374 g/mol. The van der Waals surface area contributed by atoms with Gasteiger partial charge in [0.15, 0.2) is 0 Å². The number of rotatable bonds is 6. The molecule has 1 saturated heterocycles. The number of nitrogens with zero attached hydrogens (tertiary/aromatic N) is 1. The lowest BCUT2D eigenvalue weighted by Crippen LogP contribution is -2.50. The number of benzene rings is 1. The first-order valence-electron chi connectivity index (χ1n) is 9.35. The average Bonchev–Trinajstić information content (AvgIpc) is 3.44. The van der Waals surface area contributed by atoms with Gasteiger partial charge < -0.3 is 10.6 Å². The maximum atomic E-state index is 12.6. The standard InChI is InChI=1S/C21H23N3OS2/c1-26-17-6-3-13(4-7-17)19-9-8-18(27-19)11-16(12-22)24-21(25)20-14-2-5-15(10-14)23-20/h3-4,6-9,14-16,20,23H,2,5,10-11H2,1H3,(H,24,25)/t14?,15?,16-,20?/m0/s1. The van der Waals surface area contributed by atoms with Crippen LogP contribution in [-0.4, -0.2) is 30.3 Å². The third-order valence-electron chi connectivity index (χ3n) is 5.56. The Morgan fingerprint density at radius 1 is 1.33 bits per heavy atom. The molecule has 0 spiro atoms. The topological polar surface area (TPSA) is 64.9 Å². The third-order valence-corrected chi connectivity index (χ3v) is 7.46. The van der Waals surface area contributed by atoms with Gasteiger partial charge in [-0.1, -0.05) is 12.1 Å². The van der Waals surface area contributed by atoms with E-state index < -0.39 is 6.04 Å². The van der Waals surface area contributed by atoms with Gasteiger partial charge in [0.2, 0.25) is 5.91 Å². The molecule has 2 N–H and O–H groups in total. The molecule has 2 fully saturated rings. The number of amides is 1. The number of hydrogen-bond acceptors (Lipinski definition) is 5. The molecule has 1 amide bonds. The van der Waals surface area contributed by atoms with Crippen LogP contribution in [0.2, 0.25) is 0 Å². The van der Waals surface area contributed by atoms with Gasteiger partial charge in [-0.15, -0.1) is 23.1 Å². The van der Waals surface area contributed by atoms with Crippen LogP contribution >= 0.6 is 23.1 Å². The Kier molecular flexibility index (Phi) is 5.53. The Labute approximate surface area is 168 Å². The van der Waals surface area contributed by atoms with Crippen molar-refractivity contribution in [1.29, 1.82) is 5.26 Å². The van der Waals surface area contributed by atoms with Crippen LogP contribution in [-0.2, 0) is 11.2 Å². The molecule has 1 aliphatic heterocycles. The van der Waals surface area contributed by atoms with E-state index in [-0.39, 0.29) is 11.9 Å². The van der Waals surface area contributed by atoms with Crippen LogP contribution in [0.3, 0.4) is 0 Å². The molecule has 4 atom stereocenters. The molecule has 1 aliphatic carbocycles. The highest BCUT2D eigenvalue weighted by molar-refractivity contribution is 7.98. The lowest BCUT2D eigenvalue weighted by molar-refractivity contribution is -0.124. The van der Waals surface area contributed by atoms with Gasteiger partial charge in [-0.05, 0) is 61.3 Å². The van der Waals surface area contributed by atoms with Crippen molar-refractivity contribution < 1.29 is 4.79 Å². The summed E-state index contributed by atoms with van der Waals surface area (Å²) >= 11 is 3.42. The predicted molar refractivity (Wildman–Crippen MR) is 111 cm³/mol. The van der Waals surface area contributed by atoms with E-state index in [0.29, 0.717) is 18.4 Å². The summed E-state index contributed by atoms with van der Waals surface area (Å²) in [4.78, 5) is 16.1. The van der Waals surface area contributed by atoms with Gasteiger partial charge >= 0.3 is 0 Å². The summed E-state index contributed by atoms with van der Waals surface area (Å²) in [5.74, 6) is 0.421. The molecule has 6 heteroatoms. The van der Waals surface area contributed by atoms with Crippen LogP contribution in [0.5, 0.6) is 0 Å². The third kappa shape index (κ3) is 4.06. The second kappa shape index (κ2) is 8.05. The highest BCUT2D eigenvalue weighted by Crippen LogP contribution is 2.35. The number of nitriles is 1. The summed E-state index contributed by atoms with van der Waals surface area (Å²) in [5, 5.41) is 15.9. The van der Waals surface area contributed by atoms with Crippen molar-refractivity contribution in [3.05, 3.63) is 41.3 Å². The molecule has 4 rings (SSSR count). The minimum Gasteiger partial charge on any atom is -0.339 e. The number of nitrogens with one attached hydrogen (secondary N) is 2. The molecule has 2 aromatic rings. The highest BCUT2D eigenvalue weighted by Gasteiger charge is 2.43. The fraction of sp³-hybridized carbons (Fsp3) is 0.429. The molecule has 1 aromatic carbocycles. The molecule has 27 heavy (non-hydrogen) atoms. The number of carbonyl (C=O) groups excluding carboxylic acids is 1. The molecule has 1 aromatic heterocycles. The quantitative estimate of drug-likeness (QED) is 0.727. The number of piperidine rings is 1. The summed E-state index contributed by atoms with van der Waals surface area (Å²) in [7, 11) is 0. The Hall–Kier alpha value is -1.81. The van der Waals surface area contributed by atoms with Crippen molar-refractivity contribution in [3.63, 3.8) is 0 Å². The Balaban J connectivity index is 1.38. The van der Waals surface area contributed by atoms with E-state index in [1.807, 2.05) is 0 Å². The minimum absolute atomic E-state index is 0.0156. The zero-order valence-electron chi connectivity index (χ0n) is 15.3. The van der Waals surface area contributed by atoms with Crippen molar-refractivity contribution in [2.75, 3.05) is 6.26 Å². The van der Waals surface area contributed by atoms with Crippen molar-refractivity contribution in [2.45, 2.75) is 48.7 Å². The monoisotopic (exact) mass is 397 g/mol. The first-order valence-corrected chi connectivity index (χ1v) is 11.4. The Morgan fingerprint density at radius 3 is 2.78 bits per heavy atom. The maximum Gasteiger partial charge on any atom is 0.238 e. The average molecular weight is 398 g/mol. The van der Waals surface area contributed by atoms with Crippen LogP contribution in [0, 0.1) is 17.2 Å². The highest BCUT2D eigenvalue weighted by atomic mass is 32.2. The van der Waals surface area contributed by atoms with E-state index in [4.69, 9.17) is 0 Å². The Bertz CT molecular complexity index is 855. The first-order chi connectivity index (χ1) is 13.2. The van der Waals surface area contributed by atoms with Crippen LogP contribution in [0.25, 0.3) is 10.4 Å². The number of hydrogen-bond donors (Lipinski definition) is 2. The second-order valence-corrected chi connectivity index (χ2v) is 9.35. The molecule has 4 nitrogen and oxygen atoms in total. The second-order valence-electron chi connectivity index (χ2n) is 7.30. The van der Waals surface area contributed by atoms with Crippen molar-refractivity contribution in [3.8, 4) is 16.5 Å². The molecule has 2 aliphatic rings. The largest absolute Gasteiger partial charge is 0.339 e. The van der Waals surface area contributed by atoms with E-state index in [2.05, 4.69) is 59.4 Å². The molecule has 2 heterocycles. The number of thiophene rings is 1. The van der Waals surface area contributed by atoms with Gasteiger partial charge in [-0.2, -0.15) is 5.26 Å². The lowest BCUT2D eigenvalue weighted by atomic mass is 9.99. The molecule has 1 saturated carbocycles. The summed E-state index contributed by atoms with van der Waals surface area (Å²) < 4.78 is 0. The summed E-state index contributed by atoms with van der Waals surface area (Å²) in [6, 6.07) is 14.8. The SMILES string of the molecule is CSc1ccc(-c2ccc(C[C@@H](C#N)NC(=O)C3NC4CCC3C4)s2)cc1. The van der Waals surface area contributed by atoms with Crippen molar-refractivity contribution >= 4 is 29.0 Å². The first kappa shape index (κ1) is 18.5. The van der Waals surface area contributed by atoms with Gasteiger partial charge in [0.1, 0.15) is 6.04 Å². The summed E-state index contributed by atoms with van der Waals surface area (Å²) in [6.45, 7) is 0. The van der Waals surface area contributed by atoms with Gasteiger partial charge in [-0.3, -0.25) is 4.79 Å².